The van der Waals surface area contributed by atoms with Gasteiger partial charge in [-0.2, -0.15) is 0 Å². The number of H-pyrrole nitrogens is 1. The first kappa shape index (κ1) is 17.5. The first-order valence-electron chi connectivity index (χ1n) is 9.42. The normalized spacial score (nSPS) is 21.8. The van der Waals surface area contributed by atoms with Crippen LogP contribution in [0.4, 0.5) is 5.69 Å². The summed E-state index contributed by atoms with van der Waals surface area (Å²) in [6.07, 6.45) is 4.67. The van der Waals surface area contributed by atoms with Crippen LogP contribution in [0.1, 0.15) is 47.2 Å². The number of pyridine rings is 1. The number of carbonyl (C=O) groups is 2. The van der Waals surface area contributed by atoms with Crippen LogP contribution in [0.15, 0.2) is 41.3 Å². The minimum absolute atomic E-state index is 0.0501. The number of hydrogen-bond acceptors (Lipinski definition) is 3. The van der Waals surface area contributed by atoms with Crippen LogP contribution in [0.25, 0.3) is 0 Å². The number of hydrogen-bond donors (Lipinski definition) is 2. The maximum Gasteiger partial charge on any atom is 0.254 e. The van der Waals surface area contributed by atoms with Gasteiger partial charge in [0.15, 0.2) is 0 Å². The summed E-state index contributed by atoms with van der Waals surface area (Å²) in [5.41, 5.74) is 3.40. The second-order valence-electron chi connectivity index (χ2n) is 7.47. The molecule has 2 aliphatic rings. The molecule has 4 rings (SSSR count). The van der Waals surface area contributed by atoms with E-state index in [1.54, 1.807) is 6.07 Å². The van der Waals surface area contributed by atoms with E-state index in [2.05, 4.69) is 10.3 Å². The molecule has 1 fully saturated rings. The maximum atomic E-state index is 12.8. The van der Waals surface area contributed by atoms with Crippen molar-refractivity contribution < 1.29 is 9.59 Å². The quantitative estimate of drug-likeness (QED) is 0.877. The second-order valence-corrected chi connectivity index (χ2v) is 7.47. The lowest BCUT2D eigenvalue weighted by Crippen LogP contribution is -2.40. The van der Waals surface area contributed by atoms with Crippen LogP contribution in [0.3, 0.4) is 0 Å². The van der Waals surface area contributed by atoms with Gasteiger partial charge >= 0.3 is 0 Å². The Morgan fingerprint density at radius 3 is 2.63 bits per heavy atom. The van der Waals surface area contributed by atoms with Gasteiger partial charge in [-0.1, -0.05) is 12.1 Å². The van der Waals surface area contributed by atoms with Crippen LogP contribution in [0.2, 0.25) is 0 Å². The summed E-state index contributed by atoms with van der Waals surface area (Å²) in [4.78, 5) is 41.1. The number of fused-ring (bicyclic) bond motifs is 1. The zero-order valence-electron chi connectivity index (χ0n) is 15.3. The minimum Gasteiger partial charge on any atom is -0.331 e. The van der Waals surface area contributed by atoms with Crippen molar-refractivity contribution in [3.8, 4) is 0 Å². The van der Waals surface area contributed by atoms with Crippen molar-refractivity contribution in [2.75, 3.05) is 5.32 Å². The van der Waals surface area contributed by atoms with E-state index in [9.17, 15) is 14.4 Å². The van der Waals surface area contributed by atoms with Gasteiger partial charge in [-0.25, -0.2) is 0 Å². The predicted octanol–water partition coefficient (Wildman–Crippen LogP) is 2.84. The van der Waals surface area contributed by atoms with Crippen molar-refractivity contribution in [3.63, 3.8) is 0 Å². The first-order valence-corrected chi connectivity index (χ1v) is 9.42. The third-order valence-corrected chi connectivity index (χ3v) is 5.78. The molecule has 1 aliphatic heterocycles. The molecule has 0 unspecified atom stereocenters. The van der Waals surface area contributed by atoms with E-state index in [0.29, 0.717) is 12.2 Å². The Kier molecular flexibility index (Phi) is 4.56. The number of benzene rings is 1. The molecule has 1 aromatic carbocycles. The van der Waals surface area contributed by atoms with Crippen molar-refractivity contribution in [1.82, 2.24) is 9.88 Å². The zero-order valence-corrected chi connectivity index (χ0v) is 15.3. The summed E-state index contributed by atoms with van der Waals surface area (Å²) in [5.74, 6) is -0.0154. The van der Waals surface area contributed by atoms with Gasteiger partial charge in [0.1, 0.15) is 0 Å². The predicted molar refractivity (Wildman–Crippen MR) is 102 cm³/mol. The van der Waals surface area contributed by atoms with Crippen molar-refractivity contribution in [2.24, 2.45) is 5.92 Å². The average Bonchev–Trinajstić information content (AvgIpc) is 3.00. The van der Waals surface area contributed by atoms with Gasteiger partial charge in [-0.3, -0.25) is 14.4 Å². The van der Waals surface area contributed by atoms with E-state index in [1.807, 2.05) is 30.0 Å². The molecular weight excluding hydrogens is 342 g/mol. The van der Waals surface area contributed by atoms with Crippen LogP contribution in [0.5, 0.6) is 0 Å². The molecule has 140 valence electrons. The highest BCUT2D eigenvalue weighted by atomic mass is 16.2. The molecule has 0 atom stereocenters. The molecule has 27 heavy (non-hydrogen) atoms. The van der Waals surface area contributed by atoms with Crippen LogP contribution in [0, 0.1) is 12.8 Å². The number of rotatable bonds is 3. The largest absolute Gasteiger partial charge is 0.331 e. The van der Waals surface area contributed by atoms with Gasteiger partial charge in [0.25, 0.3) is 5.91 Å². The number of nitrogens with one attached hydrogen (secondary N) is 2. The highest BCUT2D eigenvalue weighted by Gasteiger charge is 2.36. The zero-order chi connectivity index (χ0) is 19.0. The van der Waals surface area contributed by atoms with Crippen molar-refractivity contribution >= 4 is 17.5 Å². The number of carbonyl (C=O) groups excluding carboxylic acids is 2. The standard InChI is InChI=1S/C21H23N3O3/c1-13-3-2-4-17-18(13)12-24(21(17)27)16-7-5-14(6-8-16)20(26)23-15-9-10-22-19(25)11-15/h2-4,9-11,14,16H,5-8,12H2,1H3,(H2,22,23,25,26). The number of aromatic amines is 1. The van der Waals surface area contributed by atoms with Gasteiger partial charge in [-0.15, -0.1) is 0 Å². The summed E-state index contributed by atoms with van der Waals surface area (Å²) >= 11 is 0. The number of anilines is 1. The number of amides is 2. The van der Waals surface area contributed by atoms with E-state index < -0.39 is 0 Å². The van der Waals surface area contributed by atoms with Gasteiger partial charge < -0.3 is 15.2 Å². The fraction of sp³-hybridized carbons (Fsp3) is 0.381. The van der Waals surface area contributed by atoms with Crippen LogP contribution < -0.4 is 10.9 Å². The molecule has 2 amide bonds. The lowest BCUT2D eigenvalue weighted by molar-refractivity contribution is -0.121. The lowest BCUT2D eigenvalue weighted by Gasteiger charge is -2.34. The molecule has 0 spiro atoms. The van der Waals surface area contributed by atoms with Crippen LogP contribution in [-0.2, 0) is 11.3 Å². The van der Waals surface area contributed by atoms with E-state index >= 15 is 0 Å². The third kappa shape index (κ3) is 3.39. The van der Waals surface area contributed by atoms with Crippen LogP contribution in [-0.4, -0.2) is 27.7 Å². The average molecular weight is 365 g/mol. The molecule has 0 saturated heterocycles. The van der Waals surface area contributed by atoms with E-state index in [-0.39, 0.29) is 29.3 Å². The first-order chi connectivity index (χ1) is 13.0. The molecule has 2 heterocycles. The third-order valence-electron chi connectivity index (χ3n) is 5.78. The molecule has 1 saturated carbocycles. The second kappa shape index (κ2) is 7.02. The fourth-order valence-electron chi connectivity index (χ4n) is 4.22. The summed E-state index contributed by atoms with van der Waals surface area (Å²) in [7, 11) is 0. The maximum absolute atomic E-state index is 12.8. The van der Waals surface area contributed by atoms with Crippen molar-refractivity contribution in [3.05, 3.63) is 63.6 Å². The van der Waals surface area contributed by atoms with Crippen molar-refractivity contribution in [2.45, 2.75) is 45.2 Å². The molecule has 2 N–H and O–H groups in total. The molecule has 6 nitrogen and oxygen atoms in total. The Balaban J connectivity index is 1.37. The summed E-state index contributed by atoms with van der Waals surface area (Å²) in [5, 5.41) is 2.83. The molecule has 2 aromatic rings. The Morgan fingerprint density at radius 2 is 1.93 bits per heavy atom. The lowest BCUT2D eigenvalue weighted by atomic mass is 9.84. The van der Waals surface area contributed by atoms with E-state index in [1.165, 1.54) is 12.3 Å². The Hall–Kier alpha value is -2.89. The number of nitrogens with zero attached hydrogens (tertiary/aromatic N) is 1. The van der Waals surface area contributed by atoms with Gasteiger partial charge in [0, 0.05) is 42.0 Å². The Morgan fingerprint density at radius 1 is 1.15 bits per heavy atom. The van der Waals surface area contributed by atoms with E-state index in [4.69, 9.17) is 0 Å². The molecule has 0 bridgehead atoms. The Bertz CT molecular complexity index is 942. The molecule has 0 radical (unpaired) electrons. The van der Waals surface area contributed by atoms with E-state index in [0.717, 1.165) is 42.4 Å². The number of aromatic nitrogens is 1. The molecular formula is C21H23N3O3. The summed E-state index contributed by atoms with van der Waals surface area (Å²) < 4.78 is 0. The highest BCUT2D eigenvalue weighted by molar-refractivity contribution is 5.99. The monoisotopic (exact) mass is 365 g/mol. The van der Waals surface area contributed by atoms with Crippen LogP contribution >= 0.6 is 0 Å². The molecule has 1 aliphatic carbocycles. The van der Waals surface area contributed by atoms with Gasteiger partial charge in [0.05, 0.1) is 0 Å². The topological polar surface area (TPSA) is 82.3 Å². The SMILES string of the molecule is Cc1cccc2c1CN(C1CCC(C(=O)Nc3cc[nH]c(=O)c3)CC1)C2=O. The molecule has 6 heteroatoms. The van der Waals surface area contributed by atoms with Crippen molar-refractivity contribution in [1.29, 1.82) is 0 Å². The number of aryl methyl sites for hydroxylation is 1. The van der Waals surface area contributed by atoms with Gasteiger partial charge in [-0.05, 0) is 55.9 Å². The molecule has 1 aromatic heterocycles. The highest BCUT2D eigenvalue weighted by Crippen LogP contribution is 2.34. The minimum atomic E-state index is -0.237. The summed E-state index contributed by atoms with van der Waals surface area (Å²) in [6, 6.07) is 9.13. The van der Waals surface area contributed by atoms with Gasteiger partial charge in [0.2, 0.25) is 11.5 Å². The fourth-order valence-corrected chi connectivity index (χ4v) is 4.22. The summed E-state index contributed by atoms with van der Waals surface area (Å²) in [6.45, 7) is 2.72. The smallest absolute Gasteiger partial charge is 0.254 e. The Labute approximate surface area is 157 Å².